The van der Waals surface area contributed by atoms with Crippen molar-refractivity contribution in [1.29, 1.82) is 0 Å². The second-order valence-electron chi connectivity index (χ2n) is 5.60. The first-order chi connectivity index (χ1) is 10.3. The van der Waals surface area contributed by atoms with Crippen LogP contribution >= 0.6 is 0 Å². The van der Waals surface area contributed by atoms with E-state index in [-0.39, 0.29) is 0 Å². The van der Waals surface area contributed by atoms with Crippen molar-refractivity contribution < 1.29 is 4.74 Å². The molecule has 110 valence electrons. The van der Waals surface area contributed by atoms with Crippen LogP contribution in [0.15, 0.2) is 42.7 Å². The summed E-state index contributed by atoms with van der Waals surface area (Å²) < 4.78 is 5.78. The predicted octanol–water partition coefficient (Wildman–Crippen LogP) is 3.79. The lowest BCUT2D eigenvalue weighted by Gasteiger charge is -2.08. The molecule has 0 amide bonds. The number of nitrogens with zero attached hydrogens (tertiary/aromatic N) is 1. The van der Waals surface area contributed by atoms with Crippen molar-refractivity contribution in [3.8, 4) is 16.9 Å². The fourth-order valence-electron chi connectivity index (χ4n) is 2.26. The minimum absolute atomic E-state index is 0.450. The van der Waals surface area contributed by atoms with Gasteiger partial charge in [-0.2, -0.15) is 0 Å². The van der Waals surface area contributed by atoms with E-state index in [1.54, 1.807) is 0 Å². The third kappa shape index (κ3) is 4.05. The first-order valence-electron chi connectivity index (χ1n) is 7.77. The molecule has 0 unspecified atom stereocenters. The van der Waals surface area contributed by atoms with Gasteiger partial charge in [-0.25, -0.2) is 0 Å². The van der Waals surface area contributed by atoms with Gasteiger partial charge in [-0.1, -0.05) is 19.1 Å². The van der Waals surface area contributed by atoms with Gasteiger partial charge in [0.15, 0.2) is 0 Å². The van der Waals surface area contributed by atoms with Crippen LogP contribution in [-0.2, 0) is 6.54 Å². The monoisotopic (exact) mass is 282 g/mol. The molecular weight excluding hydrogens is 260 g/mol. The van der Waals surface area contributed by atoms with Gasteiger partial charge < -0.3 is 10.1 Å². The highest BCUT2D eigenvalue weighted by Gasteiger charge is 2.23. The number of rotatable bonds is 7. The Balaban J connectivity index is 1.68. The first-order valence-corrected chi connectivity index (χ1v) is 7.77. The van der Waals surface area contributed by atoms with Crippen molar-refractivity contribution in [2.24, 2.45) is 0 Å². The second kappa shape index (κ2) is 6.72. The van der Waals surface area contributed by atoms with Gasteiger partial charge in [0.05, 0.1) is 6.10 Å². The number of hydrogen-bond donors (Lipinski definition) is 1. The molecule has 3 rings (SSSR count). The predicted molar refractivity (Wildman–Crippen MR) is 85.3 cm³/mol. The Labute approximate surface area is 126 Å². The van der Waals surface area contributed by atoms with Crippen LogP contribution in [0.25, 0.3) is 11.1 Å². The SMILES string of the molecule is CCCNCc1cncc(-c2ccc(OC3CC3)cc2)c1. The lowest BCUT2D eigenvalue weighted by molar-refractivity contribution is 0.303. The van der Waals surface area contributed by atoms with Crippen molar-refractivity contribution in [3.05, 3.63) is 48.3 Å². The zero-order chi connectivity index (χ0) is 14.5. The van der Waals surface area contributed by atoms with E-state index in [1.165, 1.54) is 24.0 Å². The Morgan fingerprint density at radius 3 is 2.67 bits per heavy atom. The average molecular weight is 282 g/mol. The standard InChI is InChI=1S/C18H22N2O/c1-2-9-19-11-14-10-16(13-20-12-14)15-3-5-17(6-4-15)21-18-7-8-18/h3-6,10,12-13,18-19H,2,7-9,11H2,1H3. The summed E-state index contributed by atoms with van der Waals surface area (Å²) in [7, 11) is 0. The third-order valence-corrected chi connectivity index (χ3v) is 3.57. The Morgan fingerprint density at radius 1 is 1.14 bits per heavy atom. The van der Waals surface area contributed by atoms with Crippen molar-refractivity contribution in [2.45, 2.75) is 38.8 Å². The summed E-state index contributed by atoms with van der Waals surface area (Å²) in [4.78, 5) is 4.35. The van der Waals surface area contributed by atoms with Crippen LogP contribution in [0.3, 0.4) is 0 Å². The summed E-state index contributed by atoms with van der Waals surface area (Å²) in [6, 6.07) is 10.5. The van der Waals surface area contributed by atoms with E-state index in [0.717, 1.165) is 30.8 Å². The maximum Gasteiger partial charge on any atom is 0.119 e. The van der Waals surface area contributed by atoms with Crippen LogP contribution in [0.2, 0.25) is 0 Å². The number of hydrogen-bond acceptors (Lipinski definition) is 3. The van der Waals surface area contributed by atoms with Crippen LogP contribution in [0, 0.1) is 0 Å². The van der Waals surface area contributed by atoms with Gasteiger partial charge in [-0.15, -0.1) is 0 Å². The van der Waals surface area contributed by atoms with Crippen LogP contribution in [0.4, 0.5) is 0 Å². The molecular formula is C18H22N2O. The Morgan fingerprint density at radius 2 is 1.95 bits per heavy atom. The molecule has 1 heterocycles. The molecule has 1 N–H and O–H groups in total. The van der Waals surface area contributed by atoms with E-state index in [0.29, 0.717) is 6.10 Å². The lowest BCUT2D eigenvalue weighted by atomic mass is 10.1. The van der Waals surface area contributed by atoms with Crippen LogP contribution < -0.4 is 10.1 Å². The largest absolute Gasteiger partial charge is 0.490 e. The van der Waals surface area contributed by atoms with Gasteiger partial charge in [0.25, 0.3) is 0 Å². The van der Waals surface area contributed by atoms with Gasteiger partial charge >= 0.3 is 0 Å². The summed E-state index contributed by atoms with van der Waals surface area (Å²) in [6.07, 6.45) is 7.83. The average Bonchev–Trinajstić information content (AvgIpc) is 3.33. The molecule has 0 spiro atoms. The molecule has 0 saturated heterocycles. The molecule has 2 aromatic rings. The molecule has 1 fully saturated rings. The van der Waals surface area contributed by atoms with Gasteiger partial charge in [-0.05, 0) is 55.1 Å². The van der Waals surface area contributed by atoms with E-state index >= 15 is 0 Å². The highest BCUT2D eigenvalue weighted by molar-refractivity contribution is 5.63. The highest BCUT2D eigenvalue weighted by atomic mass is 16.5. The molecule has 1 aromatic carbocycles. The maximum absolute atomic E-state index is 5.78. The van der Waals surface area contributed by atoms with Crippen molar-refractivity contribution in [3.63, 3.8) is 0 Å². The molecule has 1 aliphatic carbocycles. The molecule has 21 heavy (non-hydrogen) atoms. The van der Waals surface area contributed by atoms with Gasteiger partial charge in [0.1, 0.15) is 5.75 Å². The molecule has 0 bridgehead atoms. The minimum Gasteiger partial charge on any atom is -0.490 e. The topological polar surface area (TPSA) is 34.2 Å². The number of benzene rings is 1. The summed E-state index contributed by atoms with van der Waals surface area (Å²) in [5.74, 6) is 0.968. The Bertz CT molecular complexity index is 576. The second-order valence-corrected chi connectivity index (χ2v) is 5.60. The first kappa shape index (κ1) is 14.1. The normalized spacial score (nSPS) is 14.1. The lowest BCUT2D eigenvalue weighted by Crippen LogP contribution is -2.13. The number of ether oxygens (including phenoxy) is 1. The van der Waals surface area contributed by atoms with E-state index in [2.05, 4.69) is 47.6 Å². The van der Waals surface area contributed by atoms with Crippen molar-refractivity contribution >= 4 is 0 Å². The molecule has 1 aromatic heterocycles. The molecule has 3 heteroatoms. The van der Waals surface area contributed by atoms with Crippen LogP contribution in [-0.4, -0.2) is 17.6 Å². The van der Waals surface area contributed by atoms with Crippen LogP contribution in [0.5, 0.6) is 5.75 Å². The van der Waals surface area contributed by atoms with E-state index in [4.69, 9.17) is 4.74 Å². The van der Waals surface area contributed by atoms with Gasteiger partial charge in [0.2, 0.25) is 0 Å². The molecule has 3 nitrogen and oxygen atoms in total. The molecule has 0 aliphatic heterocycles. The number of pyridine rings is 1. The van der Waals surface area contributed by atoms with E-state index < -0.39 is 0 Å². The molecule has 1 aliphatic rings. The summed E-state index contributed by atoms with van der Waals surface area (Å²) >= 11 is 0. The fraction of sp³-hybridized carbons (Fsp3) is 0.389. The highest BCUT2D eigenvalue weighted by Crippen LogP contribution is 2.28. The Kier molecular flexibility index (Phi) is 4.51. The van der Waals surface area contributed by atoms with Crippen molar-refractivity contribution in [2.75, 3.05) is 6.54 Å². The van der Waals surface area contributed by atoms with Crippen molar-refractivity contribution in [1.82, 2.24) is 10.3 Å². The Hall–Kier alpha value is -1.87. The summed E-state index contributed by atoms with van der Waals surface area (Å²) in [6.45, 7) is 4.09. The van der Waals surface area contributed by atoms with E-state index in [9.17, 15) is 0 Å². The minimum atomic E-state index is 0.450. The van der Waals surface area contributed by atoms with Crippen LogP contribution in [0.1, 0.15) is 31.7 Å². The zero-order valence-electron chi connectivity index (χ0n) is 12.5. The van der Waals surface area contributed by atoms with Gasteiger partial charge in [0, 0.05) is 24.5 Å². The summed E-state index contributed by atoms with van der Waals surface area (Å²) in [5.41, 5.74) is 3.56. The smallest absolute Gasteiger partial charge is 0.119 e. The fourth-order valence-corrected chi connectivity index (χ4v) is 2.26. The van der Waals surface area contributed by atoms with Gasteiger partial charge in [-0.3, -0.25) is 4.98 Å². The third-order valence-electron chi connectivity index (χ3n) is 3.57. The van der Waals surface area contributed by atoms with E-state index in [1.807, 2.05) is 12.4 Å². The molecule has 0 atom stereocenters. The molecule has 0 radical (unpaired) electrons. The maximum atomic E-state index is 5.78. The zero-order valence-corrected chi connectivity index (χ0v) is 12.5. The molecule has 1 saturated carbocycles. The quantitative estimate of drug-likeness (QED) is 0.785. The summed E-state index contributed by atoms with van der Waals surface area (Å²) in [5, 5.41) is 3.41. The number of aromatic nitrogens is 1. The number of nitrogens with one attached hydrogen (secondary N) is 1.